The summed E-state index contributed by atoms with van der Waals surface area (Å²) in [6.07, 6.45) is -2.16. The van der Waals surface area contributed by atoms with E-state index in [-0.39, 0.29) is 25.2 Å². The van der Waals surface area contributed by atoms with Crippen LogP contribution in [0.25, 0.3) is 0 Å². The third-order valence-electron chi connectivity index (χ3n) is 5.75. The average Bonchev–Trinajstić information content (AvgIpc) is 2.78. The van der Waals surface area contributed by atoms with Crippen LogP contribution in [0, 0.1) is 0 Å². The summed E-state index contributed by atoms with van der Waals surface area (Å²) < 4.78 is 38.8. The Hall–Kier alpha value is -2.58. The fourth-order valence-corrected chi connectivity index (χ4v) is 3.95. The molecular formula is C24H30F3N3O2. The van der Waals surface area contributed by atoms with Gasteiger partial charge in [0.15, 0.2) is 0 Å². The first kappa shape index (κ1) is 24.1. The Kier molecular flexibility index (Phi) is 8.53. The Labute approximate surface area is 186 Å². The maximum absolute atomic E-state index is 12.9. The van der Waals surface area contributed by atoms with Crippen molar-refractivity contribution in [1.29, 1.82) is 0 Å². The Morgan fingerprint density at radius 3 is 2.38 bits per heavy atom. The minimum absolute atomic E-state index is 0.0122. The van der Waals surface area contributed by atoms with E-state index in [9.17, 15) is 23.1 Å². The molecule has 1 aliphatic heterocycles. The van der Waals surface area contributed by atoms with Gasteiger partial charge < -0.3 is 15.3 Å². The SMILES string of the molecule is O=C(NC1CCN(Cc2cccc(C(F)(F)F)c2)CC1)N(CCO)CCc1ccccc1. The number of alkyl halides is 3. The molecule has 2 amide bonds. The van der Waals surface area contributed by atoms with Crippen LogP contribution in [-0.2, 0) is 19.1 Å². The molecule has 0 aromatic heterocycles. The van der Waals surface area contributed by atoms with Crippen LogP contribution < -0.4 is 5.32 Å². The second-order valence-electron chi connectivity index (χ2n) is 8.14. The fourth-order valence-electron chi connectivity index (χ4n) is 3.95. The van der Waals surface area contributed by atoms with Crippen LogP contribution in [-0.4, -0.2) is 59.8 Å². The number of benzene rings is 2. The molecule has 0 radical (unpaired) electrons. The Morgan fingerprint density at radius 2 is 1.72 bits per heavy atom. The number of halogens is 3. The van der Waals surface area contributed by atoms with Gasteiger partial charge in [0.05, 0.1) is 12.2 Å². The van der Waals surface area contributed by atoms with E-state index >= 15 is 0 Å². The van der Waals surface area contributed by atoms with Crippen LogP contribution in [0.5, 0.6) is 0 Å². The van der Waals surface area contributed by atoms with Crippen LogP contribution in [0.3, 0.4) is 0 Å². The quantitative estimate of drug-likeness (QED) is 0.643. The van der Waals surface area contributed by atoms with Crippen LogP contribution >= 0.6 is 0 Å². The summed E-state index contributed by atoms with van der Waals surface area (Å²) in [4.78, 5) is 16.4. The van der Waals surface area contributed by atoms with Gasteiger partial charge in [-0.05, 0) is 36.5 Å². The third kappa shape index (κ3) is 7.24. The highest BCUT2D eigenvalue weighted by Crippen LogP contribution is 2.30. The lowest BCUT2D eigenvalue weighted by atomic mass is 10.0. The lowest BCUT2D eigenvalue weighted by Crippen LogP contribution is -2.50. The number of nitrogens with zero attached hydrogens (tertiary/aromatic N) is 2. The molecule has 2 N–H and O–H groups in total. The summed E-state index contributed by atoms with van der Waals surface area (Å²) in [6, 6.07) is 15.1. The van der Waals surface area contributed by atoms with Crippen LogP contribution in [0.4, 0.5) is 18.0 Å². The van der Waals surface area contributed by atoms with Gasteiger partial charge >= 0.3 is 12.2 Å². The summed E-state index contributed by atoms with van der Waals surface area (Å²) in [5, 5.41) is 12.4. The van der Waals surface area contributed by atoms with E-state index in [0.717, 1.165) is 24.5 Å². The van der Waals surface area contributed by atoms with Crippen molar-refractivity contribution in [1.82, 2.24) is 15.1 Å². The number of carbonyl (C=O) groups excluding carboxylic acids is 1. The molecule has 0 unspecified atom stereocenters. The first-order valence-electron chi connectivity index (χ1n) is 10.9. The Balaban J connectivity index is 1.46. The van der Waals surface area contributed by atoms with Crippen molar-refractivity contribution in [3.63, 3.8) is 0 Å². The van der Waals surface area contributed by atoms with Crippen molar-refractivity contribution in [3.05, 3.63) is 71.3 Å². The van der Waals surface area contributed by atoms with Crippen molar-refractivity contribution in [2.24, 2.45) is 0 Å². The van der Waals surface area contributed by atoms with Gasteiger partial charge in [-0.15, -0.1) is 0 Å². The highest BCUT2D eigenvalue weighted by atomic mass is 19.4. The molecule has 8 heteroatoms. The summed E-state index contributed by atoms with van der Waals surface area (Å²) in [5.74, 6) is 0. The molecule has 2 aromatic carbocycles. The van der Waals surface area contributed by atoms with Gasteiger partial charge in [0.25, 0.3) is 0 Å². The van der Waals surface area contributed by atoms with E-state index < -0.39 is 11.7 Å². The monoisotopic (exact) mass is 449 g/mol. The second kappa shape index (κ2) is 11.3. The molecule has 1 fully saturated rings. The summed E-state index contributed by atoms with van der Waals surface area (Å²) in [7, 11) is 0. The number of hydrogen-bond donors (Lipinski definition) is 2. The number of likely N-dealkylation sites (tertiary alicyclic amines) is 1. The predicted octanol–water partition coefficient (Wildman–Crippen LogP) is 3.92. The van der Waals surface area contributed by atoms with Crippen molar-refractivity contribution in [2.75, 3.05) is 32.8 Å². The molecule has 0 aliphatic carbocycles. The average molecular weight is 450 g/mol. The highest BCUT2D eigenvalue weighted by molar-refractivity contribution is 5.74. The molecule has 1 aliphatic rings. The van der Waals surface area contributed by atoms with Gasteiger partial charge in [0, 0.05) is 38.8 Å². The number of carbonyl (C=O) groups is 1. The van der Waals surface area contributed by atoms with Gasteiger partial charge in [-0.2, -0.15) is 13.2 Å². The second-order valence-corrected chi connectivity index (χ2v) is 8.14. The summed E-state index contributed by atoms with van der Waals surface area (Å²) in [6.45, 7) is 2.55. The molecule has 32 heavy (non-hydrogen) atoms. The van der Waals surface area contributed by atoms with Crippen LogP contribution in [0.2, 0.25) is 0 Å². The summed E-state index contributed by atoms with van der Waals surface area (Å²) in [5.41, 5.74) is 1.14. The number of amides is 2. The van der Waals surface area contributed by atoms with E-state index in [0.29, 0.717) is 38.2 Å². The molecule has 0 bridgehead atoms. The number of rotatable bonds is 8. The molecule has 0 saturated carbocycles. The van der Waals surface area contributed by atoms with Crippen molar-refractivity contribution >= 4 is 6.03 Å². The number of hydrogen-bond acceptors (Lipinski definition) is 3. The van der Waals surface area contributed by atoms with Gasteiger partial charge in [-0.25, -0.2) is 4.79 Å². The fraction of sp³-hybridized carbons (Fsp3) is 0.458. The minimum atomic E-state index is -4.34. The molecule has 1 saturated heterocycles. The molecule has 5 nitrogen and oxygen atoms in total. The predicted molar refractivity (Wildman–Crippen MR) is 117 cm³/mol. The molecule has 0 spiro atoms. The number of aliphatic hydroxyl groups excluding tert-OH is 1. The Morgan fingerprint density at radius 1 is 1.03 bits per heavy atom. The maximum Gasteiger partial charge on any atom is 0.416 e. The third-order valence-corrected chi connectivity index (χ3v) is 5.75. The topological polar surface area (TPSA) is 55.8 Å². The van der Waals surface area contributed by atoms with Gasteiger partial charge in [-0.1, -0.05) is 48.5 Å². The van der Waals surface area contributed by atoms with Crippen molar-refractivity contribution in [2.45, 2.75) is 38.0 Å². The van der Waals surface area contributed by atoms with E-state index in [4.69, 9.17) is 0 Å². The molecular weight excluding hydrogens is 419 g/mol. The Bertz CT molecular complexity index is 853. The van der Waals surface area contributed by atoms with E-state index in [1.54, 1.807) is 11.0 Å². The standard InChI is InChI=1S/C24H30F3N3O2/c25-24(26,27)21-8-4-7-20(17-21)18-29-12-10-22(11-13-29)28-23(32)30(15-16-31)14-9-19-5-2-1-3-6-19/h1-8,17,22,31H,9-16,18H2,(H,28,32). The number of piperidine rings is 1. The number of urea groups is 1. The summed E-state index contributed by atoms with van der Waals surface area (Å²) >= 11 is 0. The van der Waals surface area contributed by atoms with E-state index in [1.807, 2.05) is 30.3 Å². The van der Waals surface area contributed by atoms with Gasteiger partial charge in [0.1, 0.15) is 0 Å². The number of aliphatic hydroxyl groups is 1. The van der Waals surface area contributed by atoms with E-state index in [1.165, 1.54) is 12.1 Å². The molecule has 0 atom stereocenters. The number of nitrogens with one attached hydrogen (secondary N) is 1. The highest BCUT2D eigenvalue weighted by Gasteiger charge is 2.30. The van der Waals surface area contributed by atoms with Crippen LogP contribution in [0.15, 0.2) is 54.6 Å². The molecule has 2 aromatic rings. The van der Waals surface area contributed by atoms with Gasteiger partial charge in [-0.3, -0.25) is 4.90 Å². The smallest absolute Gasteiger partial charge is 0.395 e. The zero-order valence-corrected chi connectivity index (χ0v) is 18.0. The largest absolute Gasteiger partial charge is 0.416 e. The zero-order valence-electron chi connectivity index (χ0n) is 18.0. The normalized spacial score (nSPS) is 15.5. The first-order valence-corrected chi connectivity index (χ1v) is 10.9. The maximum atomic E-state index is 12.9. The van der Waals surface area contributed by atoms with Crippen LogP contribution in [0.1, 0.15) is 29.5 Å². The van der Waals surface area contributed by atoms with E-state index in [2.05, 4.69) is 10.2 Å². The lowest BCUT2D eigenvalue weighted by Gasteiger charge is -2.34. The first-order chi connectivity index (χ1) is 15.3. The molecule has 1 heterocycles. The minimum Gasteiger partial charge on any atom is -0.395 e. The van der Waals surface area contributed by atoms with Crippen molar-refractivity contribution in [3.8, 4) is 0 Å². The van der Waals surface area contributed by atoms with Gasteiger partial charge in [0.2, 0.25) is 0 Å². The molecule has 3 rings (SSSR count). The lowest BCUT2D eigenvalue weighted by molar-refractivity contribution is -0.137. The van der Waals surface area contributed by atoms with Crippen molar-refractivity contribution < 1.29 is 23.1 Å². The molecule has 174 valence electrons. The zero-order chi connectivity index (χ0) is 23.0.